The van der Waals surface area contributed by atoms with E-state index in [1.54, 1.807) is 0 Å². The SMILES string of the molecule is COC(=O)CCCCCc1ccc2nc(CC(C)C)c(CNC(=O)OC(C)(C)C)c(-c3ccc(C)cc3)c2c1. The number of alkyl carbamates (subject to hydrolysis) is 1. The van der Waals surface area contributed by atoms with Gasteiger partial charge in [0.2, 0.25) is 0 Å². The molecule has 0 spiro atoms. The molecule has 0 saturated carbocycles. The molecule has 0 aliphatic carbocycles. The van der Waals surface area contributed by atoms with Crippen molar-refractivity contribution in [1.29, 1.82) is 0 Å². The maximum atomic E-state index is 12.6. The van der Waals surface area contributed by atoms with E-state index in [2.05, 4.69) is 68.6 Å². The minimum atomic E-state index is -0.571. The Morgan fingerprint density at radius 2 is 1.72 bits per heavy atom. The van der Waals surface area contributed by atoms with Gasteiger partial charge in [-0.05, 0) is 88.1 Å². The van der Waals surface area contributed by atoms with Crippen LogP contribution in [0.25, 0.3) is 22.0 Å². The molecule has 1 aromatic heterocycles. The number of carbonyl (C=O) groups excluding carboxylic acids is 2. The first-order valence-electron chi connectivity index (χ1n) is 14.0. The molecule has 1 N–H and O–H groups in total. The van der Waals surface area contributed by atoms with E-state index < -0.39 is 11.7 Å². The molecule has 39 heavy (non-hydrogen) atoms. The molecule has 0 aliphatic rings. The van der Waals surface area contributed by atoms with Crippen molar-refractivity contribution in [3.8, 4) is 11.1 Å². The maximum absolute atomic E-state index is 12.6. The lowest BCUT2D eigenvalue weighted by Crippen LogP contribution is -2.32. The number of ether oxygens (including phenoxy) is 2. The highest BCUT2D eigenvalue weighted by molar-refractivity contribution is 5.97. The summed E-state index contributed by atoms with van der Waals surface area (Å²) in [7, 11) is 1.43. The Hall–Kier alpha value is -3.41. The number of methoxy groups -OCH3 is 1. The smallest absolute Gasteiger partial charge is 0.407 e. The van der Waals surface area contributed by atoms with Crippen LogP contribution in [0.4, 0.5) is 4.79 Å². The lowest BCUT2D eigenvalue weighted by Gasteiger charge is -2.22. The van der Waals surface area contributed by atoms with Crippen LogP contribution in [0.5, 0.6) is 0 Å². The van der Waals surface area contributed by atoms with E-state index in [4.69, 9.17) is 14.5 Å². The molecular formula is C33H44N2O4. The average molecular weight is 533 g/mol. The van der Waals surface area contributed by atoms with Gasteiger partial charge in [-0.1, -0.05) is 56.2 Å². The molecule has 3 rings (SSSR count). The van der Waals surface area contributed by atoms with Crippen molar-refractivity contribution in [2.75, 3.05) is 7.11 Å². The first-order valence-corrected chi connectivity index (χ1v) is 14.0. The molecule has 0 saturated heterocycles. The number of fused-ring (bicyclic) bond motifs is 1. The lowest BCUT2D eigenvalue weighted by molar-refractivity contribution is -0.140. The molecule has 0 fully saturated rings. The zero-order chi connectivity index (χ0) is 28.6. The van der Waals surface area contributed by atoms with Gasteiger partial charge in [0.1, 0.15) is 5.60 Å². The molecule has 0 radical (unpaired) electrons. The number of rotatable bonds is 11. The normalized spacial score (nSPS) is 11.6. The van der Waals surface area contributed by atoms with Gasteiger partial charge in [0.05, 0.1) is 12.6 Å². The number of benzene rings is 2. The Labute approximate surface area is 233 Å². The van der Waals surface area contributed by atoms with E-state index >= 15 is 0 Å². The van der Waals surface area contributed by atoms with E-state index in [0.29, 0.717) is 18.9 Å². The summed E-state index contributed by atoms with van der Waals surface area (Å²) in [5.74, 6) is 0.254. The Morgan fingerprint density at radius 3 is 2.36 bits per heavy atom. The predicted octanol–water partition coefficient (Wildman–Crippen LogP) is 7.71. The van der Waals surface area contributed by atoms with Crippen LogP contribution in [0.3, 0.4) is 0 Å². The van der Waals surface area contributed by atoms with Crippen molar-refractivity contribution in [3.05, 3.63) is 64.8 Å². The summed E-state index contributed by atoms with van der Waals surface area (Å²) in [5.41, 5.74) is 7.06. The van der Waals surface area contributed by atoms with Crippen molar-refractivity contribution >= 4 is 23.0 Å². The lowest BCUT2D eigenvalue weighted by atomic mass is 9.90. The molecule has 0 atom stereocenters. The molecule has 0 unspecified atom stereocenters. The minimum absolute atomic E-state index is 0.153. The minimum Gasteiger partial charge on any atom is -0.469 e. The standard InChI is InChI=1S/C33H44N2O4/c1-22(2)19-29-27(21-34-32(37)39-33(4,5)6)31(25-16-13-23(3)14-17-25)26-20-24(15-18-28(26)35-29)11-9-8-10-12-30(36)38-7/h13-18,20,22H,8-12,19,21H2,1-7H3,(H,34,37). The van der Waals surface area contributed by atoms with Crippen LogP contribution in [-0.2, 0) is 33.7 Å². The van der Waals surface area contributed by atoms with E-state index in [9.17, 15) is 9.59 Å². The van der Waals surface area contributed by atoms with Crippen LogP contribution < -0.4 is 5.32 Å². The number of aromatic nitrogens is 1. The summed E-state index contributed by atoms with van der Waals surface area (Å²) in [6.45, 7) is 12.4. The van der Waals surface area contributed by atoms with E-state index in [0.717, 1.165) is 65.4 Å². The number of carbonyl (C=O) groups is 2. The van der Waals surface area contributed by atoms with Gasteiger partial charge in [-0.15, -0.1) is 0 Å². The molecule has 6 heteroatoms. The number of esters is 1. The zero-order valence-corrected chi connectivity index (χ0v) is 24.6. The predicted molar refractivity (Wildman–Crippen MR) is 158 cm³/mol. The van der Waals surface area contributed by atoms with Crippen molar-refractivity contribution < 1.29 is 19.1 Å². The summed E-state index contributed by atoms with van der Waals surface area (Å²) < 4.78 is 10.3. The number of unbranched alkanes of at least 4 members (excludes halogenated alkanes) is 2. The molecule has 1 amide bonds. The Balaban J connectivity index is 2.03. The second-order valence-corrected chi connectivity index (χ2v) is 11.7. The monoisotopic (exact) mass is 532 g/mol. The van der Waals surface area contributed by atoms with Crippen molar-refractivity contribution in [3.63, 3.8) is 0 Å². The van der Waals surface area contributed by atoms with Crippen molar-refractivity contribution in [2.24, 2.45) is 5.92 Å². The van der Waals surface area contributed by atoms with Gasteiger partial charge >= 0.3 is 12.1 Å². The van der Waals surface area contributed by atoms with Crippen LogP contribution in [0.1, 0.15) is 82.7 Å². The largest absolute Gasteiger partial charge is 0.469 e. The van der Waals surface area contributed by atoms with Gasteiger partial charge in [-0.3, -0.25) is 9.78 Å². The highest BCUT2D eigenvalue weighted by atomic mass is 16.6. The second-order valence-electron chi connectivity index (χ2n) is 11.7. The second kappa shape index (κ2) is 13.6. The summed E-state index contributed by atoms with van der Waals surface area (Å²) >= 11 is 0. The van der Waals surface area contributed by atoms with Crippen molar-refractivity contribution in [1.82, 2.24) is 10.3 Å². The fourth-order valence-electron chi connectivity index (χ4n) is 4.70. The third-order valence-corrected chi connectivity index (χ3v) is 6.56. The molecule has 6 nitrogen and oxygen atoms in total. The number of amides is 1. The Bertz CT molecular complexity index is 1270. The fourth-order valence-corrected chi connectivity index (χ4v) is 4.70. The number of nitrogens with zero attached hydrogens (tertiary/aromatic N) is 1. The van der Waals surface area contributed by atoms with Gasteiger partial charge in [-0.2, -0.15) is 0 Å². The molecule has 210 valence electrons. The Kier molecular flexibility index (Phi) is 10.5. The topological polar surface area (TPSA) is 77.5 Å². The average Bonchev–Trinajstić information content (AvgIpc) is 2.86. The van der Waals surface area contributed by atoms with Crippen LogP contribution in [0, 0.1) is 12.8 Å². The number of pyridine rings is 1. The van der Waals surface area contributed by atoms with Crippen LogP contribution in [-0.4, -0.2) is 29.8 Å². The Morgan fingerprint density at radius 1 is 1.00 bits per heavy atom. The third-order valence-electron chi connectivity index (χ3n) is 6.56. The molecule has 0 bridgehead atoms. The number of aryl methyl sites for hydroxylation is 2. The fraction of sp³-hybridized carbons (Fsp3) is 0.485. The van der Waals surface area contributed by atoms with Crippen molar-refractivity contribution in [2.45, 2.75) is 92.2 Å². The summed E-state index contributed by atoms with van der Waals surface area (Å²) in [4.78, 5) is 29.1. The van der Waals surface area contributed by atoms with Gasteiger partial charge in [0, 0.05) is 29.6 Å². The summed E-state index contributed by atoms with van der Waals surface area (Å²) in [6.07, 6.45) is 4.54. The molecule has 0 aliphatic heterocycles. The summed E-state index contributed by atoms with van der Waals surface area (Å²) in [6, 6.07) is 15.1. The maximum Gasteiger partial charge on any atom is 0.407 e. The third kappa shape index (κ3) is 9.09. The molecular weight excluding hydrogens is 488 g/mol. The number of hydrogen-bond donors (Lipinski definition) is 1. The van der Waals surface area contributed by atoms with E-state index in [-0.39, 0.29) is 5.97 Å². The highest BCUT2D eigenvalue weighted by Gasteiger charge is 2.21. The van der Waals surface area contributed by atoms with E-state index in [1.165, 1.54) is 18.2 Å². The number of hydrogen-bond acceptors (Lipinski definition) is 5. The van der Waals surface area contributed by atoms with Gasteiger partial charge in [-0.25, -0.2) is 4.79 Å². The van der Waals surface area contributed by atoms with Gasteiger partial charge in [0.15, 0.2) is 0 Å². The first kappa shape index (κ1) is 30.1. The molecule has 2 aromatic carbocycles. The highest BCUT2D eigenvalue weighted by Crippen LogP contribution is 2.35. The van der Waals surface area contributed by atoms with Crippen LogP contribution >= 0.6 is 0 Å². The van der Waals surface area contributed by atoms with Crippen LogP contribution in [0.15, 0.2) is 42.5 Å². The van der Waals surface area contributed by atoms with Gasteiger partial charge < -0.3 is 14.8 Å². The first-order chi connectivity index (χ1) is 18.5. The molecule has 1 heterocycles. The van der Waals surface area contributed by atoms with Crippen LogP contribution in [0.2, 0.25) is 0 Å². The van der Waals surface area contributed by atoms with E-state index in [1.807, 2.05) is 20.8 Å². The summed E-state index contributed by atoms with van der Waals surface area (Å²) in [5, 5.41) is 4.08. The quantitative estimate of drug-likeness (QED) is 0.202. The molecule has 3 aromatic rings. The zero-order valence-electron chi connectivity index (χ0n) is 24.6. The van der Waals surface area contributed by atoms with Gasteiger partial charge in [0.25, 0.3) is 0 Å². The number of nitrogens with one attached hydrogen (secondary N) is 1.